The lowest BCUT2D eigenvalue weighted by Crippen LogP contribution is -2.60. The van der Waals surface area contributed by atoms with Crippen LogP contribution >= 0.6 is 11.6 Å². The van der Waals surface area contributed by atoms with Crippen molar-refractivity contribution >= 4 is 22.5 Å². The minimum Gasteiger partial charge on any atom is -0.381 e. The molecule has 1 saturated carbocycles. The molecule has 2 unspecified atom stereocenters. The second-order valence-electron chi connectivity index (χ2n) is 6.32. The molecular weight excluding hydrogens is 284 g/mol. The Labute approximate surface area is 130 Å². The van der Waals surface area contributed by atoms with Gasteiger partial charge in [-0.05, 0) is 30.2 Å². The molecule has 1 aromatic carbocycles. The summed E-state index contributed by atoms with van der Waals surface area (Å²) in [6, 6.07) is 8.42. The molecular formula is C17H21ClN2O. The van der Waals surface area contributed by atoms with Crippen LogP contribution in [0.25, 0.3) is 10.9 Å². The summed E-state index contributed by atoms with van der Waals surface area (Å²) in [7, 11) is 1.79. The molecule has 1 fully saturated rings. The lowest BCUT2D eigenvalue weighted by Gasteiger charge is -2.51. The molecule has 1 aliphatic carbocycles. The van der Waals surface area contributed by atoms with Crippen molar-refractivity contribution in [3.05, 3.63) is 41.0 Å². The molecule has 0 aliphatic heterocycles. The van der Waals surface area contributed by atoms with Gasteiger partial charge >= 0.3 is 0 Å². The summed E-state index contributed by atoms with van der Waals surface area (Å²) in [4.78, 5) is 4.48. The van der Waals surface area contributed by atoms with Crippen molar-refractivity contribution in [3.63, 3.8) is 0 Å². The normalized spacial score (nSPS) is 24.0. The number of nitrogens with one attached hydrogen (secondary N) is 1. The molecule has 4 heteroatoms. The van der Waals surface area contributed by atoms with Gasteiger partial charge in [0.15, 0.2) is 0 Å². The number of hydrogen-bond donors (Lipinski definition) is 1. The van der Waals surface area contributed by atoms with E-state index < -0.39 is 0 Å². The highest BCUT2D eigenvalue weighted by atomic mass is 35.5. The standard InChI is InChI=1S/C17H21ClN2O/c1-17(2)14(9-15(17)21-3)20-10-11-6-7-13(18)12-5-4-8-19-16(11)12/h4-8,14-15,20H,9-10H2,1-3H3. The van der Waals surface area contributed by atoms with Crippen molar-refractivity contribution in [2.45, 2.75) is 39.0 Å². The number of ether oxygens (including phenoxy) is 1. The topological polar surface area (TPSA) is 34.1 Å². The zero-order valence-corrected chi connectivity index (χ0v) is 13.4. The first-order valence-corrected chi connectivity index (χ1v) is 7.70. The molecule has 2 aromatic rings. The number of halogens is 1. The average molecular weight is 305 g/mol. The zero-order valence-electron chi connectivity index (χ0n) is 12.7. The largest absolute Gasteiger partial charge is 0.381 e. The van der Waals surface area contributed by atoms with Crippen molar-refractivity contribution in [2.75, 3.05) is 7.11 Å². The number of rotatable bonds is 4. The van der Waals surface area contributed by atoms with Crippen LogP contribution in [-0.4, -0.2) is 24.2 Å². The number of nitrogens with zero attached hydrogens (tertiary/aromatic N) is 1. The lowest BCUT2D eigenvalue weighted by molar-refractivity contribution is -0.0978. The highest BCUT2D eigenvalue weighted by molar-refractivity contribution is 6.35. The molecule has 1 aliphatic rings. The Bertz CT molecular complexity index is 656. The molecule has 112 valence electrons. The van der Waals surface area contributed by atoms with Crippen molar-refractivity contribution in [2.24, 2.45) is 5.41 Å². The average Bonchev–Trinajstić information content (AvgIpc) is 2.48. The first kappa shape index (κ1) is 14.8. The lowest BCUT2D eigenvalue weighted by atomic mass is 9.64. The van der Waals surface area contributed by atoms with E-state index in [1.165, 1.54) is 5.56 Å². The first-order valence-electron chi connectivity index (χ1n) is 7.32. The predicted octanol–water partition coefficient (Wildman–Crippen LogP) is 3.79. The van der Waals surface area contributed by atoms with Gasteiger partial charge in [-0.25, -0.2) is 0 Å². The number of methoxy groups -OCH3 is 1. The Morgan fingerprint density at radius 1 is 1.38 bits per heavy atom. The van der Waals surface area contributed by atoms with E-state index in [1.54, 1.807) is 7.11 Å². The fraction of sp³-hybridized carbons (Fsp3) is 0.471. The molecule has 0 amide bonds. The van der Waals surface area contributed by atoms with Crippen LogP contribution in [0.4, 0.5) is 0 Å². The van der Waals surface area contributed by atoms with Gasteiger partial charge < -0.3 is 10.1 Å². The van der Waals surface area contributed by atoms with Crippen molar-refractivity contribution in [3.8, 4) is 0 Å². The first-order chi connectivity index (χ1) is 10.0. The number of pyridine rings is 1. The number of hydrogen-bond acceptors (Lipinski definition) is 3. The van der Waals surface area contributed by atoms with Gasteiger partial charge in [-0.2, -0.15) is 0 Å². The third-order valence-corrected chi connectivity index (χ3v) is 5.13. The van der Waals surface area contributed by atoms with Gasteiger partial charge in [0.05, 0.1) is 11.6 Å². The van der Waals surface area contributed by atoms with Gasteiger partial charge in [-0.1, -0.05) is 31.5 Å². The van der Waals surface area contributed by atoms with Crippen LogP contribution in [0.5, 0.6) is 0 Å². The Balaban J connectivity index is 1.77. The number of benzene rings is 1. The molecule has 1 N–H and O–H groups in total. The zero-order chi connectivity index (χ0) is 15.0. The quantitative estimate of drug-likeness (QED) is 0.933. The summed E-state index contributed by atoms with van der Waals surface area (Å²) < 4.78 is 5.50. The highest BCUT2D eigenvalue weighted by Crippen LogP contribution is 2.42. The van der Waals surface area contributed by atoms with Gasteiger partial charge in [0.2, 0.25) is 0 Å². The van der Waals surface area contributed by atoms with E-state index in [4.69, 9.17) is 16.3 Å². The molecule has 21 heavy (non-hydrogen) atoms. The van der Waals surface area contributed by atoms with E-state index in [-0.39, 0.29) is 5.41 Å². The van der Waals surface area contributed by atoms with E-state index in [2.05, 4.69) is 30.2 Å². The van der Waals surface area contributed by atoms with E-state index in [9.17, 15) is 0 Å². The molecule has 0 radical (unpaired) electrons. The van der Waals surface area contributed by atoms with Crippen molar-refractivity contribution < 1.29 is 4.74 Å². The van der Waals surface area contributed by atoms with Gasteiger partial charge in [0.25, 0.3) is 0 Å². The molecule has 0 bridgehead atoms. The van der Waals surface area contributed by atoms with Crippen molar-refractivity contribution in [1.29, 1.82) is 0 Å². The summed E-state index contributed by atoms with van der Waals surface area (Å²) in [5.41, 5.74) is 2.34. The second kappa shape index (κ2) is 5.56. The van der Waals surface area contributed by atoms with Crippen LogP contribution in [0.15, 0.2) is 30.5 Å². The fourth-order valence-corrected chi connectivity index (χ4v) is 3.42. The molecule has 0 spiro atoms. The van der Waals surface area contributed by atoms with Crippen LogP contribution < -0.4 is 5.32 Å². The third kappa shape index (κ3) is 2.54. The maximum absolute atomic E-state index is 6.24. The maximum atomic E-state index is 6.24. The Morgan fingerprint density at radius 2 is 2.19 bits per heavy atom. The minimum atomic E-state index is 0.171. The predicted molar refractivity (Wildman–Crippen MR) is 86.6 cm³/mol. The van der Waals surface area contributed by atoms with Gasteiger partial charge in [-0.15, -0.1) is 0 Å². The van der Waals surface area contributed by atoms with Crippen LogP contribution in [-0.2, 0) is 11.3 Å². The smallest absolute Gasteiger partial charge is 0.0761 e. The van der Waals surface area contributed by atoms with Crippen LogP contribution in [0.1, 0.15) is 25.8 Å². The van der Waals surface area contributed by atoms with E-state index in [0.717, 1.165) is 28.9 Å². The molecule has 3 rings (SSSR count). The number of aromatic nitrogens is 1. The van der Waals surface area contributed by atoms with Crippen LogP contribution in [0.3, 0.4) is 0 Å². The summed E-state index contributed by atoms with van der Waals surface area (Å²) in [6.07, 6.45) is 3.22. The fourth-order valence-electron chi connectivity index (χ4n) is 3.20. The molecule has 0 saturated heterocycles. The van der Waals surface area contributed by atoms with Gasteiger partial charge in [0.1, 0.15) is 0 Å². The summed E-state index contributed by atoms with van der Waals surface area (Å²) in [5, 5.41) is 5.41. The summed E-state index contributed by atoms with van der Waals surface area (Å²) in [5.74, 6) is 0. The SMILES string of the molecule is COC1CC(NCc2ccc(Cl)c3cccnc23)C1(C)C. The minimum absolute atomic E-state index is 0.171. The summed E-state index contributed by atoms with van der Waals surface area (Å²) in [6.45, 7) is 5.30. The van der Waals surface area contributed by atoms with Crippen LogP contribution in [0.2, 0.25) is 5.02 Å². The summed E-state index contributed by atoms with van der Waals surface area (Å²) >= 11 is 6.24. The van der Waals surface area contributed by atoms with Crippen molar-refractivity contribution in [1.82, 2.24) is 10.3 Å². The van der Waals surface area contributed by atoms with E-state index >= 15 is 0 Å². The highest BCUT2D eigenvalue weighted by Gasteiger charge is 2.48. The van der Waals surface area contributed by atoms with E-state index in [1.807, 2.05) is 24.4 Å². The van der Waals surface area contributed by atoms with E-state index in [0.29, 0.717) is 12.1 Å². The number of fused-ring (bicyclic) bond motifs is 1. The Hall–Kier alpha value is -1.16. The molecule has 3 nitrogen and oxygen atoms in total. The van der Waals surface area contributed by atoms with Gasteiger partial charge in [-0.3, -0.25) is 4.98 Å². The molecule has 2 atom stereocenters. The monoisotopic (exact) mass is 304 g/mol. The Kier molecular flexibility index (Phi) is 3.91. The maximum Gasteiger partial charge on any atom is 0.0761 e. The Morgan fingerprint density at radius 3 is 2.90 bits per heavy atom. The van der Waals surface area contributed by atoms with Crippen LogP contribution in [0, 0.1) is 5.41 Å². The van der Waals surface area contributed by atoms with Gasteiger partial charge in [0, 0.05) is 41.7 Å². The third-order valence-electron chi connectivity index (χ3n) is 4.80. The molecule has 1 heterocycles. The second-order valence-corrected chi connectivity index (χ2v) is 6.73. The molecule has 1 aromatic heterocycles.